The number of hydrogen-bond donors (Lipinski definition) is 2. The number of benzene rings is 1. The third kappa shape index (κ3) is 4.82. The zero-order valence-electron chi connectivity index (χ0n) is 15.5. The van der Waals surface area contributed by atoms with E-state index in [1.54, 1.807) is 4.90 Å². The van der Waals surface area contributed by atoms with Crippen molar-refractivity contribution < 1.29 is 14.7 Å². The molecule has 5 nitrogen and oxygen atoms in total. The van der Waals surface area contributed by atoms with Gasteiger partial charge in [0.05, 0.1) is 5.92 Å². The summed E-state index contributed by atoms with van der Waals surface area (Å²) in [4.78, 5) is 26.8. The third-order valence-corrected chi connectivity index (χ3v) is 5.05. The summed E-state index contributed by atoms with van der Waals surface area (Å²) in [5.74, 6) is 0.00525. The van der Waals surface area contributed by atoms with Crippen molar-refractivity contribution in [3.05, 3.63) is 29.8 Å². The van der Waals surface area contributed by atoms with Crippen molar-refractivity contribution >= 4 is 17.5 Å². The van der Waals surface area contributed by atoms with Crippen molar-refractivity contribution in [1.29, 1.82) is 0 Å². The number of para-hydroxylation sites is 1. The second kappa shape index (κ2) is 8.99. The molecule has 0 aromatic heterocycles. The number of nitrogens with zero attached hydrogens (tertiary/aromatic N) is 1. The van der Waals surface area contributed by atoms with Crippen LogP contribution in [-0.4, -0.2) is 36.1 Å². The molecule has 0 radical (unpaired) electrons. The molecule has 1 saturated heterocycles. The van der Waals surface area contributed by atoms with Crippen LogP contribution in [0.15, 0.2) is 24.3 Å². The standard InChI is InChI=1S/C20H30N2O3/c1-4-14(2)17-9-5-6-10-18(17)22-13-16(12-19(22)24)20(25)21-15(3)8-7-11-23/h5-6,9-10,14-16,23H,4,7-8,11-13H2,1-3H3,(H,21,25). The van der Waals surface area contributed by atoms with Crippen LogP contribution >= 0.6 is 0 Å². The first kappa shape index (κ1) is 19.4. The number of hydrogen-bond acceptors (Lipinski definition) is 3. The van der Waals surface area contributed by atoms with Gasteiger partial charge in [0.15, 0.2) is 0 Å². The van der Waals surface area contributed by atoms with Crippen molar-refractivity contribution in [2.45, 2.75) is 58.4 Å². The number of aliphatic hydroxyl groups excluding tert-OH is 1. The van der Waals surface area contributed by atoms with E-state index in [1.807, 2.05) is 25.1 Å². The number of nitrogens with one attached hydrogen (secondary N) is 1. The lowest BCUT2D eigenvalue weighted by atomic mass is 9.96. The van der Waals surface area contributed by atoms with E-state index >= 15 is 0 Å². The van der Waals surface area contributed by atoms with E-state index < -0.39 is 0 Å². The number of carbonyl (C=O) groups excluding carboxylic acids is 2. The lowest BCUT2D eigenvalue weighted by Crippen LogP contribution is -2.38. The minimum atomic E-state index is -0.311. The first-order chi connectivity index (χ1) is 12.0. The van der Waals surface area contributed by atoms with Gasteiger partial charge in [-0.05, 0) is 43.7 Å². The largest absolute Gasteiger partial charge is 0.396 e. The van der Waals surface area contributed by atoms with Crippen LogP contribution in [0.4, 0.5) is 5.69 Å². The van der Waals surface area contributed by atoms with Crippen LogP contribution < -0.4 is 10.2 Å². The summed E-state index contributed by atoms with van der Waals surface area (Å²) >= 11 is 0. The van der Waals surface area contributed by atoms with Crippen molar-refractivity contribution in [1.82, 2.24) is 5.32 Å². The second-order valence-electron chi connectivity index (χ2n) is 7.05. The van der Waals surface area contributed by atoms with Gasteiger partial charge in [0.2, 0.25) is 11.8 Å². The minimum absolute atomic E-state index is 0.0104. The Bertz CT molecular complexity index is 602. The molecular formula is C20H30N2O3. The van der Waals surface area contributed by atoms with Crippen LogP contribution in [0.1, 0.15) is 57.9 Å². The van der Waals surface area contributed by atoms with Gasteiger partial charge in [-0.15, -0.1) is 0 Å². The van der Waals surface area contributed by atoms with E-state index in [1.165, 1.54) is 0 Å². The van der Waals surface area contributed by atoms with Crippen LogP contribution in [0.2, 0.25) is 0 Å². The zero-order chi connectivity index (χ0) is 18.4. The molecule has 1 aromatic carbocycles. The fraction of sp³-hybridized carbons (Fsp3) is 0.600. The Morgan fingerprint density at radius 2 is 2.08 bits per heavy atom. The molecule has 0 saturated carbocycles. The summed E-state index contributed by atoms with van der Waals surface area (Å²) in [6.07, 6.45) is 2.67. The maximum Gasteiger partial charge on any atom is 0.227 e. The lowest BCUT2D eigenvalue weighted by molar-refractivity contribution is -0.126. The molecule has 1 fully saturated rings. The molecule has 1 aromatic rings. The van der Waals surface area contributed by atoms with Crippen molar-refractivity contribution in [2.75, 3.05) is 18.1 Å². The fourth-order valence-electron chi connectivity index (χ4n) is 3.32. The second-order valence-corrected chi connectivity index (χ2v) is 7.05. The average molecular weight is 346 g/mol. The summed E-state index contributed by atoms with van der Waals surface area (Å²) in [5.41, 5.74) is 2.10. The molecule has 2 rings (SSSR count). The van der Waals surface area contributed by atoms with E-state index in [-0.39, 0.29) is 36.8 Å². The molecule has 0 bridgehead atoms. The SMILES string of the molecule is CCC(C)c1ccccc1N1CC(C(=O)NC(C)CCCO)CC1=O. The highest BCUT2D eigenvalue weighted by Gasteiger charge is 2.36. The van der Waals surface area contributed by atoms with Crippen LogP contribution in [-0.2, 0) is 9.59 Å². The topological polar surface area (TPSA) is 69.6 Å². The van der Waals surface area contributed by atoms with Crippen molar-refractivity contribution in [2.24, 2.45) is 5.92 Å². The first-order valence-electron chi connectivity index (χ1n) is 9.28. The molecule has 1 aliphatic heterocycles. The fourth-order valence-corrected chi connectivity index (χ4v) is 3.32. The molecule has 0 aliphatic carbocycles. The highest BCUT2D eigenvalue weighted by Crippen LogP contribution is 2.33. The summed E-state index contributed by atoms with van der Waals surface area (Å²) in [6, 6.07) is 8.00. The summed E-state index contributed by atoms with van der Waals surface area (Å²) in [5, 5.41) is 11.9. The van der Waals surface area contributed by atoms with E-state index in [0.717, 1.165) is 24.1 Å². The molecule has 2 amide bonds. The number of anilines is 1. The number of carbonyl (C=O) groups is 2. The number of rotatable bonds is 8. The Labute approximate surface area is 150 Å². The van der Waals surface area contributed by atoms with Gasteiger partial charge < -0.3 is 15.3 Å². The van der Waals surface area contributed by atoms with Gasteiger partial charge in [0.25, 0.3) is 0 Å². The maximum atomic E-state index is 12.5. The van der Waals surface area contributed by atoms with Gasteiger partial charge in [-0.25, -0.2) is 0 Å². The highest BCUT2D eigenvalue weighted by atomic mass is 16.3. The Hall–Kier alpha value is -1.88. The molecule has 1 aliphatic rings. The van der Waals surface area contributed by atoms with Crippen LogP contribution in [0.3, 0.4) is 0 Å². The molecule has 2 N–H and O–H groups in total. The smallest absolute Gasteiger partial charge is 0.227 e. The molecule has 3 unspecified atom stereocenters. The Morgan fingerprint density at radius 1 is 1.36 bits per heavy atom. The molecule has 5 heteroatoms. The first-order valence-corrected chi connectivity index (χ1v) is 9.28. The summed E-state index contributed by atoms with van der Waals surface area (Å²) in [6.45, 7) is 6.79. The molecular weight excluding hydrogens is 316 g/mol. The summed E-state index contributed by atoms with van der Waals surface area (Å²) in [7, 11) is 0. The molecule has 3 atom stereocenters. The Morgan fingerprint density at radius 3 is 2.76 bits per heavy atom. The van der Waals surface area contributed by atoms with E-state index in [9.17, 15) is 9.59 Å². The van der Waals surface area contributed by atoms with Gasteiger partial charge in [0.1, 0.15) is 0 Å². The Balaban J connectivity index is 2.07. The van der Waals surface area contributed by atoms with E-state index in [2.05, 4.69) is 25.2 Å². The lowest BCUT2D eigenvalue weighted by Gasteiger charge is -2.23. The van der Waals surface area contributed by atoms with Gasteiger partial charge >= 0.3 is 0 Å². The average Bonchev–Trinajstić information content (AvgIpc) is 3.01. The van der Waals surface area contributed by atoms with Crippen LogP contribution in [0.5, 0.6) is 0 Å². The number of amides is 2. The van der Waals surface area contributed by atoms with Crippen LogP contribution in [0, 0.1) is 5.92 Å². The van der Waals surface area contributed by atoms with Crippen LogP contribution in [0.25, 0.3) is 0 Å². The van der Waals surface area contributed by atoms with Gasteiger partial charge in [-0.2, -0.15) is 0 Å². The third-order valence-electron chi connectivity index (χ3n) is 5.05. The van der Waals surface area contributed by atoms with Gasteiger partial charge in [-0.3, -0.25) is 9.59 Å². The molecule has 1 heterocycles. The summed E-state index contributed by atoms with van der Waals surface area (Å²) < 4.78 is 0. The number of aliphatic hydroxyl groups is 1. The Kier molecular flexibility index (Phi) is 7.00. The van der Waals surface area contributed by atoms with Gasteiger partial charge in [0, 0.05) is 31.3 Å². The van der Waals surface area contributed by atoms with Crippen molar-refractivity contribution in [3.8, 4) is 0 Å². The predicted molar refractivity (Wildman–Crippen MR) is 99.5 cm³/mol. The predicted octanol–water partition coefficient (Wildman–Crippen LogP) is 2.83. The molecule has 138 valence electrons. The van der Waals surface area contributed by atoms with E-state index in [0.29, 0.717) is 18.9 Å². The zero-order valence-corrected chi connectivity index (χ0v) is 15.5. The normalized spacial score (nSPS) is 19.8. The monoisotopic (exact) mass is 346 g/mol. The van der Waals surface area contributed by atoms with Gasteiger partial charge in [-0.1, -0.05) is 32.0 Å². The quantitative estimate of drug-likeness (QED) is 0.760. The molecule has 0 spiro atoms. The highest BCUT2D eigenvalue weighted by molar-refractivity contribution is 6.00. The molecule has 25 heavy (non-hydrogen) atoms. The van der Waals surface area contributed by atoms with E-state index in [4.69, 9.17) is 5.11 Å². The minimum Gasteiger partial charge on any atom is -0.396 e. The maximum absolute atomic E-state index is 12.5. The van der Waals surface area contributed by atoms with Crippen molar-refractivity contribution in [3.63, 3.8) is 0 Å².